The minimum Gasteiger partial charge on any atom is -0.378 e. The van der Waals surface area contributed by atoms with E-state index < -0.39 is 4.92 Å². The molecular formula is C9H10ClN3O3. The molecule has 1 aromatic heterocycles. The number of hydrogen-bond donors (Lipinski definition) is 0. The molecule has 86 valence electrons. The monoisotopic (exact) mass is 243 g/mol. The lowest BCUT2D eigenvalue weighted by Gasteiger charge is -2.27. The number of pyridine rings is 1. The highest BCUT2D eigenvalue weighted by atomic mass is 35.5. The summed E-state index contributed by atoms with van der Waals surface area (Å²) in [4.78, 5) is 16.0. The summed E-state index contributed by atoms with van der Waals surface area (Å²) in [7, 11) is 0. The van der Waals surface area contributed by atoms with Crippen LogP contribution in [0.4, 0.5) is 11.5 Å². The van der Waals surface area contributed by atoms with Crippen LogP contribution in [0.1, 0.15) is 0 Å². The Morgan fingerprint density at radius 2 is 2.19 bits per heavy atom. The molecule has 0 bridgehead atoms. The fourth-order valence-corrected chi connectivity index (χ4v) is 1.73. The van der Waals surface area contributed by atoms with Crippen molar-refractivity contribution >= 4 is 23.1 Å². The topological polar surface area (TPSA) is 68.5 Å². The summed E-state index contributed by atoms with van der Waals surface area (Å²) >= 11 is 5.80. The smallest absolute Gasteiger partial charge is 0.306 e. The Hall–Kier alpha value is -1.40. The van der Waals surface area contributed by atoms with Crippen LogP contribution < -0.4 is 4.90 Å². The molecule has 0 atom stereocenters. The molecular weight excluding hydrogens is 234 g/mol. The van der Waals surface area contributed by atoms with Crippen LogP contribution in [-0.4, -0.2) is 36.2 Å². The van der Waals surface area contributed by atoms with E-state index in [4.69, 9.17) is 16.3 Å². The normalized spacial score (nSPS) is 16.2. The first-order valence-corrected chi connectivity index (χ1v) is 5.19. The predicted molar refractivity (Wildman–Crippen MR) is 58.9 cm³/mol. The van der Waals surface area contributed by atoms with Crippen LogP contribution in [0.25, 0.3) is 0 Å². The number of ether oxygens (including phenoxy) is 1. The summed E-state index contributed by atoms with van der Waals surface area (Å²) in [6, 6.07) is 1.52. The van der Waals surface area contributed by atoms with Crippen LogP contribution >= 0.6 is 11.6 Å². The van der Waals surface area contributed by atoms with Gasteiger partial charge in [0.2, 0.25) is 0 Å². The summed E-state index contributed by atoms with van der Waals surface area (Å²) in [5, 5.41) is 10.7. The summed E-state index contributed by atoms with van der Waals surface area (Å²) in [5.41, 5.74) is -0.168. The second kappa shape index (κ2) is 4.63. The first-order chi connectivity index (χ1) is 7.68. The third kappa shape index (κ3) is 2.23. The zero-order chi connectivity index (χ0) is 11.5. The summed E-state index contributed by atoms with van der Waals surface area (Å²) < 4.78 is 5.20. The van der Waals surface area contributed by atoms with E-state index in [2.05, 4.69) is 4.98 Å². The lowest BCUT2D eigenvalue weighted by Crippen LogP contribution is -2.36. The first kappa shape index (κ1) is 11.1. The molecule has 0 N–H and O–H groups in total. The van der Waals surface area contributed by atoms with E-state index in [0.29, 0.717) is 19.0 Å². The molecule has 0 unspecified atom stereocenters. The Bertz CT molecular complexity index is 407. The molecule has 1 aromatic rings. The molecule has 2 rings (SSSR count). The minimum absolute atomic E-state index is 0.112. The largest absolute Gasteiger partial charge is 0.378 e. The Labute approximate surface area is 96.9 Å². The maximum absolute atomic E-state index is 10.6. The molecule has 0 spiro atoms. The van der Waals surface area contributed by atoms with Crippen molar-refractivity contribution in [3.8, 4) is 0 Å². The number of anilines is 1. The summed E-state index contributed by atoms with van der Waals surface area (Å²) in [5.74, 6) is 0.652. The number of nitro groups is 1. The molecule has 1 aliphatic rings. The molecule has 1 aliphatic heterocycles. The highest BCUT2D eigenvalue weighted by Crippen LogP contribution is 2.26. The number of nitrogens with zero attached hydrogens (tertiary/aromatic N) is 3. The fraction of sp³-hybridized carbons (Fsp3) is 0.444. The average molecular weight is 244 g/mol. The quantitative estimate of drug-likeness (QED) is 0.581. The molecule has 7 heteroatoms. The van der Waals surface area contributed by atoms with Crippen molar-refractivity contribution in [2.24, 2.45) is 0 Å². The average Bonchev–Trinajstić information content (AvgIpc) is 2.29. The van der Waals surface area contributed by atoms with E-state index in [0.717, 1.165) is 13.1 Å². The summed E-state index contributed by atoms with van der Waals surface area (Å²) in [6.07, 6.45) is 1.19. The van der Waals surface area contributed by atoms with Crippen molar-refractivity contribution < 1.29 is 9.66 Å². The van der Waals surface area contributed by atoms with Gasteiger partial charge < -0.3 is 9.64 Å². The van der Waals surface area contributed by atoms with Gasteiger partial charge in [0.05, 0.1) is 18.1 Å². The van der Waals surface area contributed by atoms with Gasteiger partial charge in [-0.1, -0.05) is 11.6 Å². The van der Waals surface area contributed by atoms with Gasteiger partial charge in [-0.05, 0) is 0 Å². The molecule has 16 heavy (non-hydrogen) atoms. The number of halogens is 1. The standard InChI is InChI=1S/C9H10ClN3O3/c10-7-5-9(11-6-8(7)13(14)15)12-1-3-16-4-2-12/h5-6H,1-4H2. The zero-order valence-electron chi connectivity index (χ0n) is 8.43. The van der Waals surface area contributed by atoms with E-state index in [1.54, 1.807) is 0 Å². The second-order valence-electron chi connectivity index (χ2n) is 3.35. The molecule has 0 saturated carbocycles. The van der Waals surface area contributed by atoms with Gasteiger partial charge in [0.1, 0.15) is 17.0 Å². The van der Waals surface area contributed by atoms with Crippen LogP contribution in [0.2, 0.25) is 5.02 Å². The molecule has 6 nitrogen and oxygen atoms in total. The van der Waals surface area contributed by atoms with Crippen molar-refractivity contribution in [2.75, 3.05) is 31.2 Å². The molecule has 1 fully saturated rings. The molecule has 0 aliphatic carbocycles. The molecule has 0 aromatic carbocycles. The third-order valence-electron chi connectivity index (χ3n) is 2.35. The summed E-state index contributed by atoms with van der Waals surface area (Å²) in [6.45, 7) is 2.72. The molecule has 0 radical (unpaired) electrons. The Kier molecular flexibility index (Phi) is 3.21. The Morgan fingerprint density at radius 1 is 1.50 bits per heavy atom. The van der Waals surface area contributed by atoms with Crippen molar-refractivity contribution in [3.63, 3.8) is 0 Å². The maximum atomic E-state index is 10.6. The van der Waals surface area contributed by atoms with E-state index >= 15 is 0 Å². The lowest BCUT2D eigenvalue weighted by atomic mass is 10.3. The molecule has 2 heterocycles. The van der Waals surface area contributed by atoms with Crippen LogP contribution in [0.3, 0.4) is 0 Å². The zero-order valence-corrected chi connectivity index (χ0v) is 9.18. The fourth-order valence-electron chi connectivity index (χ4n) is 1.51. The number of hydrogen-bond acceptors (Lipinski definition) is 5. The first-order valence-electron chi connectivity index (χ1n) is 4.81. The van der Waals surface area contributed by atoms with Gasteiger partial charge in [-0.3, -0.25) is 10.1 Å². The third-order valence-corrected chi connectivity index (χ3v) is 2.65. The van der Waals surface area contributed by atoms with Gasteiger partial charge in [0.25, 0.3) is 0 Å². The maximum Gasteiger partial charge on any atom is 0.306 e. The number of rotatable bonds is 2. The van der Waals surface area contributed by atoms with Gasteiger partial charge in [0, 0.05) is 19.2 Å². The van der Waals surface area contributed by atoms with Crippen molar-refractivity contribution in [1.29, 1.82) is 0 Å². The van der Waals surface area contributed by atoms with E-state index in [1.807, 2.05) is 4.90 Å². The van der Waals surface area contributed by atoms with Crippen LogP contribution in [-0.2, 0) is 4.74 Å². The van der Waals surface area contributed by atoms with Crippen molar-refractivity contribution in [2.45, 2.75) is 0 Å². The van der Waals surface area contributed by atoms with Crippen LogP contribution in [0, 0.1) is 10.1 Å². The van der Waals surface area contributed by atoms with Gasteiger partial charge >= 0.3 is 5.69 Å². The SMILES string of the molecule is O=[N+]([O-])c1cnc(N2CCOCC2)cc1Cl. The van der Waals surface area contributed by atoms with Crippen LogP contribution in [0.5, 0.6) is 0 Å². The molecule has 1 saturated heterocycles. The number of aromatic nitrogens is 1. The van der Waals surface area contributed by atoms with Crippen LogP contribution in [0.15, 0.2) is 12.3 Å². The lowest BCUT2D eigenvalue weighted by molar-refractivity contribution is -0.385. The van der Waals surface area contributed by atoms with Gasteiger partial charge in [-0.15, -0.1) is 0 Å². The van der Waals surface area contributed by atoms with E-state index in [1.165, 1.54) is 12.3 Å². The van der Waals surface area contributed by atoms with E-state index in [9.17, 15) is 10.1 Å². The van der Waals surface area contributed by atoms with Gasteiger partial charge in [0.15, 0.2) is 0 Å². The highest BCUT2D eigenvalue weighted by molar-refractivity contribution is 6.32. The minimum atomic E-state index is -0.543. The van der Waals surface area contributed by atoms with Crippen molar-refractivity contribution in [1.82, 2.24) is 4.98 Å². The molecule has 0 amide bonds. The second-order valence-corrected chi connectivity index (χ2v) is 3.76. The predicted octanol–water partition coefficient (Wildman–Crippen LogP) is 1.48. The van der Waals surface area contributed by atoms with Gasteiger partial charge in [-0.2, -0.15) is 0 Å². The highest BCUT2D eigenvalue weighted by Gasteiger charge is 2.17. The van der Waals surface area contributed by atoms with E-state index in [-0.39, 0.29) is 10.7 Å². The Morgan fingerprint density at radius 3 is 2.75 bits per heavy atom. The van der Waals surface area contributed by atoms with Crippen molar-refractivity contribution in [3.05, 3.63) is 27.4 Å². The Balaban J connectivity index is 2.23. The number of morpholine rings is 1. The van der Waals surface area contributed by atoms with Gasteiger partial charge in [-0.25, -0.2) is 4.98 Å².